The van der Waals surface area contributed by atoms with Crippen molar-refractivity contribution in [1.29, 1.82) is 0 Å². The van der Waals surface area contributed by atoms with Gasteiger partial charge >= 0.3 is 0 Å². The van der Waals surface area contributed by atoms with E-state index in [1.165, 1.54) is 17.7 Å². The Labute approximate surface area is 112 Å². The van der Waals surface area contributed by atoms with Crippen molar-refractivity contribution in [1.82, 2.24) is 0 Å². The second-order valence-corrected chi connectivity index (χ2v) is 6.28. The topological polar surface area (TPSA) is 26.0 Å². The minimum absolute atomic E-state index is 0. The van der Waals surface area contributed by atoms with Crippen LogP contribution in [0.5, 0.6) is 0 Å². The summed E-state index contributed by atoms with van der Waals surface area (Å²) in [7, 11) is 0. The maximum Gasteiger partial charge on any atom is 0.0843 e. The Hall–Kier alpha value is 0.910. The van der Waals surface area contributed by atoms with Crippen LogP contribution < -0.4 is 5.73 Å². The lowest BCUT2D eigenvalue weighted by Gasteiger charge is -2.07. The van der Waals surface area contributed by atoms with Crippen LogP contribution in [0.2, 0.25) is 0 Å². The molecule has 1 atom stereocenters. The molecule has 0 amide bonds. The molecule has 0 fully saturated rings. The Morgan fingerprint density at radius 3 is 2.57 bits per heavy atom. The van der Waals surface area contributed by atoms with E-state index in [9.17, 15) is 0 Å². The number of nitrogens with two attached hydrogens (primary N) is 1. The molecule has 0 aliphatic heterocycles. The predicted molar refractivity (Wildman–Crippen MR) is 73.4 cm³/mol. The molecule has 0 aromatic carbocycles. The number of hydrogen-bond donors (Lipinski definition) is 1. The number of rotatable bonds is 4. The van der Waals surface area contributed by atoms with E-state index in [1.54, 1.807) is 11.3 Å². The molecular formula is C9H14Br2ClNS. The molecule has 0 aliphatic carbocycles. The van der Waals surface area contributed by atoms with E-state index < -0.39 is 0 Å². The third-order valence-corrected chi connectivity index (χ3v) is 5.29. The number of thiophene rings is 1. The fourth-order valence-electron chi connectivity index (χ4n) is 1.11. The minimum Gasteiger partial charge on any atom is -0.323 e. The zero-order chi connectivity index (χ0) is 9.84. The summed E-state index contributed by atoms with van der Waals surface area (Å²) in [5.41, 5.74) is 6.03. The maximum absolute atomic E-state index is 6.03. The first-order chi connectivity index (χ1) is 6.15. The van der Waals surface area contributed by atoms with E-state index in [-0.39, 0.29) is 18.4 Å². The van der Waals surface area contributed by atoms with Crippen molar-refractivity contribution in [2.75, 3.05) is 0 Å². The van der Waals surface area contributed by atoms with E-state index in [0.29, 0.717) is 0 Å². The molecule has 0 unspecified atom stereocenters. The largest absolute Gasteiger partial charge is 0.323 e. The summed E-state index contributed by atoms with van der Waals surface area (Å²) in [6.45, 7) is 2.19. The van der Waals surface area contributed by atoms with Crippen molar-refractivity contribution in [2.24, 2.45) is 5.73 Å². The zero-order valence-electron chi connectivity index (χ0n) is 7.93. The quantitative estimate of drug-likeness (QED) is 0.810. The molecule has 0 saturated carbocycles. The maximum atomic E-state index is 6.03. The summed E-state index contributed by atoms with van der Waals surface area (Å²) in [6.07, 6.45) is 3.49. The second kappa shape index (κ2) is 7.23. The highest BCUT2D eigenvalue weighted by Gasteiger charge is 2.10. The van der Waals surface area contributed by atoms with Crippen LogP contribution in [0, 0.1) is 0 Å². The Bertz CT molecular complexity index is 258. The Morgan fingerprint density at radius 2 is 2.14 bits per heavy atom. The minimum atomic E-state index is 0. The molecule has 5 heteroatoms. The summed E-state index contributed by atoms with van der Waals surface area (Å²) < 4.78 is 2.24. The van der Waals surface area contributed by atoms with Crippen molar-refractivity contribution < 1.29 is 0 Å². The first kappa shape index (κ1) is 14.9. The van der Waals surface area contributed by atoms with Crippen LogP contribution >= 0.6 is 55.6 Å². The SMILES string of the molecule is CCCC[C@H](N)c1cc(Br)c(Br)s1.Cl. The van der Waals surface area contributed by atoms with Gasteiger partial charge in [0.05, 0.1) is 3.79 Å². The highest BCUT2D eigenvalue weighted by molar-refractivity contribution is 9.13. The van der Waals surface area contributed by atoms with E-state index in [0.717, 1.165) is 14.7 Å². The highest BCUT2D eigenvalue weighted by atomic mass is 79.9. The van der Waals surface area contributed by atoms with Crippen LogP contribution in [0.15, 0.2) is 14.3 Å². The fourth-order valence-corrected chi connectivity index (χ4v) is 3.24. The molecule has 2 N–H and O–H groups in total. The van der Waals surface area contributed by atoms with Crippen molar-refractivity contribution in [2.45, 2.75) is 32.2 Å². The molecule has 1 nitrogen and oxygen atoms in total. The second-order valence-electron chi connectivity index (χ2n) is 3.02. The Balaban J connectivity index is 0.00000169. The Kier molecular flexibility index (Phi) is 7.70. The van der Waals surface area contributed by atoms with Gasteiger partial charge in [-0.05, 0) is 44.3 Å². The normalized spacial score (nSPS) is 12.3. The summed E-state index contributed by atoms with van der Waals surface area (Å²) >= 11 is 8.65. The lowest BCUT2D eigenvalue weighted by molar-refractivity contribution is 0.611. The van der Waals surface area contributed by atoms with Crippen molar-refractivity contribution >= 4 is 55.6 Å². The fraction of sp³-hybridized carbons (Fsp3) is 0.556. The molecule has 1 heterocycles. The van der Waals surface area contributed by atoms with Gasteiger partial charge in [-0.25, -0.2) is 0 Å². The standard InChI is InChI=1S/C9H13Br2NS.ClH/c1-2-3-4-7(12)8-5-6(10)9(11)13-8;/h5,7H,2-4,12H2,1H3;1H/t7-;/m0./s1. The van der Waals surface area contributed by atoms with Gasteiger partial charge in [0, 0.05) is 15.4 Å². The zero-order valence-corrected chi connectivity index (χ0v) is 12.7. The number of unbranched alkanes of at least 4 members (excludes halogenated alkanes) is 1. The van der Waals surface area contributed by atoms with Crippen LogP contribution in [0.1, 0.15) is 37.1 Å². The summed E-state index contributed by atoms with van der Waals surface area (Å²) in [5.74, 6) is 0. The molecule has 1 rings (SSSR count). The average Bonchev–Trinajstić information content (AvgIpc) is 2.43. The third kappa shape index (κ3) is 4.19. The first-order valence-corrected chi connectivity index (χ1v) is 6.75. The monoisotopic (exact) mass is 361 g/mol. The van der Waals surface area contributed by atoms with Crippen molar-refractivity contribution in [3.05, 3.63) is 19.2 Å². The third-order valence-electron chi connectivity index (χ3n) is 1.90. The molecule has 0 spiro atoms. The highest BCUT2D eigenvalue weighted by Crippen LogP contribution is 2.35. The molecule has 0 radical (unpaired) electrons. The smallest absolute Gasteiger partial charge is 0.0843 e. The van der Waals surface area contributed by atoms with E-state index >= 15 is 0 Å². The van der Waals surface area contributed by atoms with Gasteiger partial charge in [-0.3, -0.25) is 0 Å². The van der Waals surface area contributed by atoms with Crippen molar-refractivity contribution in [3.63, 3.8) is 0 Å². The molecule has 82 valence electrons. The number of hydrogen-bond acceptors (Lipinski definition) is 2. The average molecular weight is 364 g/mol. The summed E-state index contributed by atoms with van der Waals surface area (Å²) in [5, 5.41) is 0. The lowest BCUT2D eigenvalue weighted by Crippen LogP contribution is -2.07. The van der Waals surface area contributed by atoms with Gasteiger partial charge in [-0.2, -0.15) is 0 Å². The van der Waals surface area contributed by atoms with Gasteiger partial charge in [0.1, 0.15) is 0 Å². The van der Waals surface area contributed by atoms with E-state index in [4.69, 9.17) is 5.73 Å². The summed E-state index contributed by atoms with van der Waals surface area (Å²) in [6, 6.07) is 2.31. The van der Waals surface area contributed by atoms with Gasteiger partial charge in [-0.15, -0.1) is 23.7 Å². The predicted octanol–water partition coefficient (Wildman–Crippen LogP) is 4.88. The van der Waals surface area contributed by atoms with E-state index in [1.807, 2.05) is 0 Å². The molecule has 14 heavy (non-hydrogen) atoms. The number of halogens is 3. The van der Waals surface area contributed by atoms with Crippen LogP contribution in [-0.2, 0) is 0 Å². The van der Waals surface area contributed by atoms with Gasteiger partial charge in [0.2, 0.25) is 0 Å². The van der Waals surface area contributed by atoms with E-state index in [2.05, 4.69) is 44.8 Å². The van der Waals surface area contributed by atoms with Crippen LogP contribution in [-0.4, -0.2) is 0 Å². The van der Waals surface area contributed by atoms with Gasteiger partial charge in [0.25, 0.3) is 0 Å². The molecule has 0 bridgehead atoms. The van der Waals surface area contributed by atoms with Gasteiger partial charge < -0.3 is 5.73 Å². The van der Waals surface area contributed by atoms with Gasteiger partial charge in [-0.1, -0.05) is 19.8 Å². The molecular weight excluding hydrogens is 349 g/mol. The van der Waals surface area contributed by atoms with Crippen LogP contribution in [0.4, 0.5) is 0 Å². The lowest BCUT2D eigenvalue weighted by atomic mass is 10.1. The summed E-state index contributed by atoms with van der Waals surface area (Å²) in [4.78, 5) is 1.26. The van der Waals surface area contributed by atoms with Crippen LogP contribution in [0.3, 0.4) is 0 Å². The van der Waals surface area contributed by atoms with Crippen LogP contribution in [0.25, 0.3) is 0 Å². The molecule has 0 aliphatic rings. The molecule has 1 aromatic heterocycles. The van der Waals surface area contributed by atoms with Crippen molar-refractivity contribution in [3.8, 4) is 0 Å². The van der Waals surface area contributed by atoms with Gasteiger partial charge in [0.15, 0.2) is 0 Å². The molecule has 0 saturated heterocycles. The first-order valence-electron chi connectivity index (χ1n) is 4.35. The Morgan fingerprint density at radius 1 is 1.50 bits per heavy atom. The molecule has 1 aromatic rings.